The van der Waals surface area contributed by atoms with Gasteiger partial charge >= 0.3 is 5.97 Å². The van der Waals surface area contributed by atoms with E-state index in [1.807, 2.05) is 24.3 Å². The van der Waals surface area contributed by atoms with Crippen molar-refractivity contribution in [1.82, 2.24) is 0 Å². The number of rotatable bonds is 4. The zero-order valence-corrected chi connectivity index (χ0v) is 12.0. The van der Waals surface area contributed by atoms with Crippen molar-refractivity contribution >= 4 is 11.8 Å². The predicted octanol–water partition coefficient (Wildman–Crippen LogP) is 3.57. The second-order valence-corrected chi connectivity index (χ2v) is 5.77. The molecule has 0 heterocycles. The highest BCUT2D eigenvalue weighted by molar-refractivity contribution is 5.81. The lowest BCUT2D eigenvalue weighted by Crippen LogP contribution is -2.15. The highest BCUT2D eigenvalue weighted by Crippen LogP contribution is 2.24. The van der Waals surface area contributed by atoms with Gasteiger partial charge in [-0.2, -0.15) is 0 Å². The molecule has 3 heteroatoms. The van der Waals surface area contributed by atoms with Gasteiger partial charge in [0.05, 0.1) is 5.92 Å². The van der Waals surface area contributed by atoms with Crippen LogP contribution in [0.25, 0.3) is 0 Å². The maximum Gasteiger partial charge on any atom is 0.310 e. The Hall–Kier alpha value is -1.64. The number of hydrogen-bond acceptors (Lipinski definition) is 2. The highest BCUT2D eigenvalue weighted by Gasteiger charge is 2.21. The number of Topliss-reactive ketones (excluding diaryl/α,β-unsaturated/α-hetero) is 1. The normalized spacial score (nSPS) is 21.2. The summed E-state index contributed by atoms with van der Waals surface area (Å²) in [7, 11) is 0. The fraction of sp³-hybridized carbons (Fsp3) is 0.529. The minimum absolute atomic E-state index is 0.153. The first kappa shape index (κ1) is 14.8. The van der Waals surface area contributed by atoms with Gasteiger partial charge in [-0.05, 0) is 37.3 Å². The van der Waals surface area contributed by atoms with Crippen molar-refractivity contribution < 1.29 is 14.7 Å². The van der Waals surface area contributed by atoms with Gasteiger partial charge in [-0.15, -0.1) is 0 Å². The summed E-state index contributed by atoms with van der Waals surface area (Å²) in [6.07, 6.45) is 5.84. The third kappa shape index (κ3) is 3.69. The summed E-state index contributed by atoms with van der Waals surface area (Å²) in [6.45, 7) is 1.69. The van der Waals surface area contributed by atoms with E-state index in [2.05, 4.69) is 0 Å². The molecule has 108 valence electrons. The van der Waals surface area contributed by atoms with E-state index in [4.69, 9.17) is 5.11 Å². The van der Waals surface area contributed by atoms with E-state index in [1.54, 1.807) is 6.92 Å². The first-order valence-electron chi connectivity index (χ1n) is 7.42. The molecular formula is C17H22O3. The molecule has 3 nitrogen and oxygen atoms in total. The largest absolute Gasteiger partial charge is 0.481 e. The fourth-order valence-corrected chi connectivity index (χ4v) is 2.82. The Morgan fingerprint density at radius 2 is 1.95 bits per heavy atom. The van der Waals surface area contributed by atoms with Crippen LogP contribution in [0.3, 0.4) is 0 Å². The summed E-state index contributed by atoms with van der Waals surface area (Å²) in [6, 6.07) is 7.67. The average molecular weight is 274 g/mol. The molecule has 0 aromatic heterocycles. The Balaban J connectivity index is 2.03. The molecule has 1 aliphatic carbocycles. The fourth-order valence-electron chi connectivity index (χ4n) is 2.82. The van der Waals surface area contributed by atoms with Crippen LogP contribution in [0.2, 0.25) is 0 Å². The predicted molar refractivity (Wildman–Crippen MR) is 77.8 cm³/mol. The van der Waals surface area contributed by atoms with Crippen LogP contribution in [-0.2, 0) is 16.0 Å². The molecule has 2 atom stereocenters. The van der Waals surface area contributed by atoms with E-state index in [1.165, 1.54) is 0 Å². The first-order valence-corrected chi connectivity index (χ1v) is 7.42. The van der Waals surface area contributed by atoms with Gasteiger partial charge in [0.1, 0.15) is 5.78 Å². The molecule has 0 aliphatic heterocycles. The van der Waals surface area contributed by atoms with Crippen LogP contribution in [0.1, 0.15) is 56.1 Å². The third-order valence-electron chi connectivity index (χ3n) is 4.26. The van der Waals surface area contributed by atoms with E-state index < -0.39 is 11.9 Å². The monoisotopic (exact) mass is 274 g/mol. The first-order chi connectivity index (χ1) is 9.58. The van der Waals surface area contributed by atoms with Crippen LogP contribution >= 0.6 is 0 Å². The van der Waals surface area contributed by atoms with E-state index in [0.29, 0.717) is 5.78 Å². The minimum atomic E-state index is -0.809. The number of carbonyl (C=O) groups excluding carboxylic acids is 1. The van der Waals surface area contributed by atoms with E-state index in [-0.39, 0.29) is 5.92 Å². The van der Waals surface area contributed by atoms with Crippen molar-refractivity contribution in [2.24, 2.45) is 5.92 Å². The third-order valence-corrected chi connectivity index (χ3v) is 4.26. The Morgan fingerprint density at radius 1 is 1.25 bits per heavy atom. The van der Waals surface area contributed by atoms with Gasteiger partial charge in [-0.3, -0.25) is 9.59 Å². The average Bonchev–Trinajstić information content (AvgIpc) is 2.64. The van der Waals surface area contributed by atoms with Gasteiger partial charge in [0.25, 0.3) is 0 Å². The molecule has 0 bridgehead atoms. The maximum absolute atomic E-state index is 12.0. The number of aliphatic carboxylic acids is 1. The quantitative estimate of drug-likeness (QED) is 0.854. The van der Waals surface area contributed by atoms with Crippen LogP contribution < -0.4 is 0 Å². The number of carboxylic acids is 1. The Morgan fingerprint density at radius 3 is 2.60 bits per heavy atom. The van der Waals surface area contributed by atoms with Crippen molar-refractivity contribution in [3.05, 3.63) is 35.4 Å². The Labute approximate surface area is 120 Å². The lowest BCUT2D eigenvalue weighted by molar-refractivity contribution is -0.138. The molecule has 0 unspecified atom stereocenters. The molecular weight excluding hydrogens is 252 g/mol. The number of hydrogen-bond donors (Lipinski definition) is 1. The van der Waals surface area contributed by atoms with E-state index >= 15 is 0 Å². The van der Waals surface area contributed by atoms with Gasteiger partial charge < -0.3 is 5.11 Å². The molecule has 1 aromatic rings. The summed E-state index contributed by atoms with van der Waals surface area (Å²) < 4.78 is 0. The number of carboxylic acid groups (broad SMARTS) is 1. The number of carbonyl (C=O) groups is 2. The van der Waals surface area contributed by atoms with Crippen LogP contribution in [0.4, 0.5) is 0 Å². The molecule has 1 N–H and O–H groups in total. The summed E-state index contributed by atoms with van der Waals surface area (Å²) in [5, 5.41) is 8.99. The second kappa shape index (κ2) is 6.69. The zero-order valence-electron chi connectivity index (χ0n) is 12.0. The zero-order chi connectivity index (χ0) is 14.5. The van der Waals surface area contributed by atoms with Crippen molar-refractivity contribution in [1.29, 1.82) is 0 Å². The molecule has 1 aromatic carbocycles. The summed E-state index contributed by atoms with van der Waals surface area (Å²) >= 11 is 0. The van der Waals surface area contributed by atoms with Gasteiger partial charge in [-0.1, -0.05) is 37.1 Å². The van der Waals surface area contributed by atoms with E-state index in [0.717, 1.165) is 49.7 Å². The molecule has 1 aliphatic rings. The molecule has 2 rings (SSSR count). The van der Waals surface area contributed by atoms with Gasteiger partial charge in [0, 0.05) is 12.3 Å². The van der Waals surface area contributed by atoms with Crippen LogP contribution in [-0.4, -0.2) is 16.9 Å². The van der Waals surface area contributed by atoms with Crippen LogP contribution in [0.15, 0.2) is 24.3 Å². The molecule has 1 saturated carbocycles. The highest BCUT2D eigenvalue weighted by atomic mass is 16.4. The van der Waals surface area contributed by atoms with Gasteiger partial charge in [0.15, 0.2) is 0 Å². The molecule has 0 amide bonds. The summed E-state index contributed by atoms with van der Waals surface area (Å²) in [4.78, 5) is 22.9. The molecule has 0 saturated heterocycles. The van der Waals surface area contributed by atoms with Gasteiger partial charge in [-0.25, -0.2) is 0 Å². The Kier molecular flexibility index (Phi) is 4.94. The van der Waals surface area contributed by atoms with Crippen molar-refractivity contribution in [2.75, 3.05) is 0 Å². The molecule has 1 fully saturated rings. The van der Waals surface area contributed by atoms with Crippen molar-refractivity contribution in [2.45, 2.75) is 51.4 Å². The van der Waals surface area contributed by atoms with Gasteiger partial charge in [0.2, 0.25) is 0 Å². The van der Waals surface area contributed by atoms with Crippen molar-refractivity contribution in [3.8, 4) is 0 Å². The molecule has 20 heavy (non-hydrogen) atoms. The maximum atomic E-state index is 12.0. The minimum Gasteiger partial charge on any atom is -0.481 e. The molecule has 0 radical (unpaired) electrons. The van der Waals surface area contributed by atoms with E-state index in [9.17, 15) is 9.59 Å². The number of benzene rings is 1. The Bertz CT molecular complexity index is 476. The SMILES string of the molecule is C[C@@H](C(=O)O)c1ccc(C[C@H]2CCCCCC2=O)cc1. The second-order valence-electron chi connectivity index (χ2n) is 5.77. The standard InChI is InChI=1S/C17H22O3/c1-12(17(19)20)14-9-7-13(8-10-14)11-15-5-3-2-4-6-16(15)18/h7-10,12,15H,2-6,11H2,1H3,(H,19,20)/t12-,15-/m1/s1. The lowest BCUT2D eigenvalue weighted by Gasteiger charge is -2.14. The summed E-state index contributed by atoms with van der Waals surface area (Å²) in [5.41, 5.74) is 1.94. The lowest BCUT2D eigenvalue weighted by atomic mass is 9.90. The van der Waals surface area contributed by atoms with Crippen molar-refractivity contribution in [3.63, 3.8) is 0 Å². The summed E-state index contributed by atoms with van der Waals surface area (Å²) in [5.74, 6) is -0.744. The smallest absolute Gasteiger partial charge is 0.310 e. The molecule has 0 spiro atoms. The number of ketones is 1. The topological polar surface area (TPSA) is 54.4 Å². The van der Waals surface area contributed by atoms with Crippen LogP contribution in [0.5, 0.6) is 0 Å². The van der Waals surface area contributed by atoms with Crippen LogP contribution in [0, 0.1) is 5.92 Å².